The van der Waals surface area contributed by atoms with Crippen LogP contribution in [0.1, 0.15) is 10.4 Å². The number of nitrogens with zero attached hydrogens (tertiary/aromatic N) is 3. The molecule has 0 saturated heterocycles. The molecular weight excluding hydrogens is 282 g/mol. The average Bonchev–Trinajstić information content (AvgIpc) is 3.05. The Bertz CT molecular complexity index is 810. The molecule has 0 fully saturated rings. The molecule has 1 N–H and O–H groups in total. The maximum atomic E-state index is 11.0. The van der Waals surface area contributed by atoms with Gasteiger partial charge in [-0.25, -0.2) is 9.48 Å². The molecule has 0 radical (unpaired) electrons. The minimum atomic E-state index is -0.975. The van der Waals surface area contributed by atoms with Gasteiger partial charge in [-0.2, -0.15) is 0 Å². The fraction of sp³-hybridized carbons (Fsp3) is 0.0625. The fourth-order valence-electron chi connectivity index (χ4n) is 2.07. The van der Waals surface area contributed by atoms with Gasteiger partial charge in [-0.1, -0.05) is 11.3 Å². The Morgan fingerprint density at radius 3 is 2.64 bits per heavy atom. The summed E-state index contributed by atoms with van der Waals surface area (Å²) < 4.78 is 6.67. The quantitative estimate of drug-likeness (QED) is 0.800. The van der Waals surface area contributed by atoms with E-state index in [9.17, 15) is 4.79 Å². The Morgan fingerprint density at radius 2 is 1.95 bits per heavy atom. The number of rotatable bonds is 4. The van der Waals surface area contributed by atoms with Crippen LogP contribution < -0.4 is 4.74 Å². The maximum Gasteiger partial charge on any atom is 0.335 e. The fourth-order valence-corrected chi connectivity index (χ4v) is 2.07. The second-order valence-electron chi connectivity index (χ2n) is 4.63. The number of carbonyl (C=O) groups is 1. The van der Waals surface area contributed by atoms with E-state index in [1.807, 2.05) is 24.3 Å². The Hall–Kier alpha value is -3.15. The maximum absolute atomic E-state index is 11.0. The number of methoxy groups -OCH3 is 1. The summed E-state index contributed by atoms with van der Waals surface area (Å²) >= 11 is 0. The lowest BCUT2D eigenvalue weighted by molar-refractivity contribution is 0.0697. The first kappa shape index (κ1) is 13.8. The largest absolute Gasteiger partial charge is 0.497 e. The van der Waals surface area contributed by atoms with E-state index in [2.05, 4.69) is 10.3 Å². The molecule has 0 aliphatic heterocycles. The molecule has 3 rings (SSSR count). The molecule has 0 aliphatic carbocycles. The van der Waals surface area contributed by atoms with E-state index in [0.717, 1.165) is 11.3 Å². The van der Waals surface area contributed by atoms with E-state index in [1.54, 1.807) is 36.2 Å². The minimum Gasteiger partial charge on any atom is -0.497 e. The molecular formula is C16H13N3O3. The molecule has 0 amide bonds. The van der Waals surface area contributed by atoms with Crippen molar-refractivity contribution in [2.45, 2.75) is 0 Å². The van der Waals surface area contributed by atoms with E-state index in [1.165, 1.54) is 6.07 Å². The van der Waals surface area contributed by atoms with Crippen molar-refractivity contribution in [1.29, 1.82) is 0 Å². The van der Waals surface area contributed by atoms with Gasteiger partial charge in [0.25, 0.3) is 0 Å². The van der Waals surface area contributed by atoms with Crippen molar-refractivity contribution in [3.63, 3.8) is 0 Å². The summed E-state index contributed by atoms with van der Waals surface area (Å²) in [6.07, 6.45) is 1.75. The van der Waals surface area contributed by atoms with Crippen molar-refractivity contribution in [3.05, 3.63) is 60.3 Å². The first-order valence-corrected chi connectivity index (χ1v) is 6.58. The third kappa shape index (κ3) is 2.67. The normalized spacial score (nSPS) is 10.4. The number of carboxylic acid groups (broad SMARTS) is 1. The molecule has 2 aromatic carbocycles. The smallest absolute Gasteiger partial charge is 0.335 e. The van der Waals surface area contributed by atoms with Gasteiger partial charge >= 0.3 is 5.97 Å². The van der Waals surface area contributed by atoms with Crippen molar-refractivity contribution >= 4 is 5.97 Å². The zero-order valence-corrected chi connectivity index (χ0v) is 11.8. The monoisotopic (exact) mass is 295 g/mol. The molecule has 0 atom stereocenters. The third-order valence-corrected chi connectivity index (χ3v) is 3.24. The highest BCUT2D eigenvalue weighted by Crippen LogP contribution is 2.21. The molecule has 22 heavy (non-hydrogen) atoms. The van der Waals surface area contributed by atoms with Gasteiger partial charge < -0.3 is 9.84 Å². The second-order valence-corrected chi connectivity index (χ2v) is 4.63. The summed E-state index contributed by atoms with van der Waals surface area (Å²) in [5.41, 5.74) is 2.45. The topological polar surface area (TPSA) is 77.2 Å². The van der Waals surface area contributed by atoms with Crippen LogP contribution in [0.4, 0.5) is 0 Å². The van der Waals surface area contributed by atoms with Crippen LogP contribution in [-0.4, -0.2) is 33.2 Å². The summed E-state index contributed by atoms with van der Waals surface area (Å²) in [5.74, 6) is -0.206. The molecule has 0 unspecified atom stereocenters. The van der Waals surface area contributed by atoms with Gasteiger partial charge in [0.15, 0.2) is 0 Å². The molecule has 0 spiro atoms. The average molecular weight is 295 g/mol. The predicted molar refractivity (Wildman–Crippen MR) is 80.3 cm³/mol. The summed E-state index contributed by atoms with van der Waals surface area (Å²) in [6.45, 7) is 0. The van der Waals surface area contributed by atoms with E-state index in [4.69, 9.17) is 9.84 Å². The van der Waals surface area contributed by atoms with Crippen LogP contribution in [0.3, 0.4) is 0 Å². The zero-order valence-electron chi connectivity index (χ0n) is 11.8. The Kier molecular flexibility index (Phi) is 3.57. The lowest BCUT2D eigenvalue weighted by atomic mass is 10.1. The number of hydrogen-bond acceptors (Lipinski definition) is 4. The molecule has 0 bridgehead atoms. The minimum absolute atomic E-state index is 0.207. The molecule has 0 aliphatic rings. The van der Waals surface area contributed by atoms with Crippen molar-refractivity contribution in [1.82, 2.24) is 15.0 Å². The van der Waals surface area contributed by atoms with Crippen molar-refractivity contribution < 1.29 is 14.6 Å². The van der Waals surface area contributed by atoms with Gasteiger partial charge in [-0.05, 0) is 42.5 Å². The predicted octanol–water partition coefficient (Wildman–Crippen LogP) is 2.64. The summed E-state index contributed by atoms with van der Waals surface area (Å²) in [5, 5.41) is 17.2. The number of carboxylic acids is 1. The van der Waals surface area contributed by atoms with Gasteiger partial charge in [-0.3, -0.25) is 0 Å². The lowest BCUT2D eigenvalue weighted by Crippen LogP contribution is -2.00. The number of aromatic nitrogens is 3. The van der Waals surface area contributed by atoms with Gasteiger partial charge in [0.1, 0.15) is 11.4 Å². The van der Waals surface area contributed by atoms with Crippen LogP contribution in [0, 0.1) is 0 Å². The highest BCUT2D eigenvalue weighted by atomic mass is 16.5. The summed E-state index contributed by atoms with van der Waals surface area (Å²) in [6, 6.07) is 14.0. The van der Waals surface area contributed by atoms with Gasteiger partial charge in [0.2, 0.25) is 0 Å². The van der Waals surface area contributed by atoms with E-state index >= 15 is 0 Å². The van der Waals surface area contributed by atoms with Crippen molar-refractivity contribution in [3.8, 4) is 22.7 Å². The molecule has 1 heterocycles. The molecule has 6 heteroatoms. The SMILES string of the molecule is COc1ccc(-c2cn(-c3cccc(C(=O)O)c3)nn2)cc1. The first-order chi connectivity index (χ1) is 10.7. The second kappa shape index (κ2) is 5.69. The van der Waals surface area contributed by atoms with Crippen LogP contribution in [0.25, 0.3) is 16.9 Å². The van der Waals surface area contributed by atoms with Crippen LogP contribution in [0.15, 0.2) is 54.7 Å². The van der Waals surface area contributed by atoms with E-state index in [-0.39, 0.29) is 5.56 Å². The third-order valence-electron chi connectivity index (χ3n) is 3.24. The Balaban J connectivity index is 1.93. The molecule has 1 aromatic heterocycles. The lowest BCUT2D eigenvalue weighted by Gasteiger charge is -2.01. The number of ether oxygens (including phenoxy) is 1. The van der Waals surface area contributed by atoms with Crippen molar-refractivity contribution in [2.24, 2.45) is 0 Å². The Labute approximate surface area is 126 Å². The van der Waals surface area contributed by atoms with Crippen LogP contribution in [-0.2, 0) is 0 Å². The molecule has 6 nitrogen and oxygen atoms in total. The number of aromatic carboxylic acids is 1. The number of benzene rings is 2. The van der Waals surface area contributed by atoms with Gasteiger partial charge in [0, 0.05) is 5.56 Å². The van der Waals surface area contributed by atoms with Crippen molar-refractivity contribution in [2.75, 3.05) is 7.11 Å². The van der Waals surface area contributed by atoms with Crippen LogP contribution in [0.2, 0.25) is 0 Å². The molecule has 3 aromatic rings. The molecule has 110 valence electrons. The highest BCUT2D eigenvalue weighted by Gasteiger charge is 2.08. The summed E-state index contributed by atoms with van der Waals surface area (Å²) in [7, 11) is 1.61. The van der Waals surface area contributed by atoms with Gasteiger partial charge in [0.05, 0.1) is 24.6 Å². The van der Waals surface area contributed by atoms with E-state index < -0.39 is 5.97 Å². The highest BCUT2D eigenvalue weighted by molar-refractivity contribution is 5.88. The van der Waals surface area contributed by atoms with Gasteiger partial charge in [-0.15, -0.1) is 5.10 Å². The first-order valence-electron chi connectivity index (χ1n) is 6.58. The number of hydrogen-bond donors (Lipinski definition) is 1. The molecule has 0 saturated carbocycles. The van der Waals surface area contributed by atoms with Crippen LogP contribution >= 0.6 is 0 Å². The van der Waals surface area contributed by atoms with E-state index in [0.29, 0.717) is 11.4 Å². The zero-order chi connectivity index (χ0) is 15.5. The summed E-state index contributed by atoms with van der Waals surface area (Å²) in [4.78, 5) is 11.0. The van der Waals surface area contributed by atoms with Crippen LogP contribution in [0.5, 0.6) is 5.75 Å². The standard InChI is InChI=1S/C16H13N3O3/c1-22-14-7-5-11(6-8-14)15-10-19(18-17-15)13-4-2-3-12(9-13)16(20)21/h2-10H,1H3,(H,20,21). The Morgan fingerprint density at radius 1 is 1.18 bits per heavy atom.